The predicted octanol–water partition coefficient (Wildman–Crippen LogP) is 8.25. The van der Waals surface area contributed by atoms with Crippen LogP contribution in [0.3, 0.4) is 0 Å². The summed E-state index contributed by atoms with van der Waals surface area (Å²) in [5, 5.41) is 2.20. The first-order chi connectivity index (χ1) is 13.2. The molecule has 2 aliphatic rings. The van der Waals surface area contributed by atoms with Crippen LogP contribution in [-0.4, -0.2) is 0 Å². The van der Waals surface area contributed by atoms with Crippen molar-refractivity contribution in [1.82, 2.24) is 0 Å². The van der Waals surface area contributed by atoms with E-state index in [1.165, 1.54) is 81.6 Å². The van der Waals surface area contributed by atoms with Crippen molar-refractivity contribution in [3.05, 3.63) is 47.8 Å². The van der Waals surface area contributed by atoms with Crippen molar-refractivity contribution < 1.29 is 4.39 Å². The number of rotatable bonds is 5. The molecular weight excluding hydrogens is 331 g/mol. The highest BCUT2D eigenvalue weighted by Crippen LogP contribution is 2.40. The lowest BCUT2D eigenvalue weighted by molar-refractivity contribution is 0.227. The Morgan fingerprint density at radius 2 is 1.26 bits per heavy atom. The minimum atomic E-state index is -0.140. The number of fused-ring (bicyclic) bond motifs is 1. The van der Waals surface area contributed by atoms with Gasteiger partial charge in [-0.2, -0.15) is 0 Å². The van der Waals surface area contributed by atoms with Gasteiger partial charge < -0.3 is 0 Å². The van der Waals surface area contributed by atoms with E-state index in [0.29, 0.717) is 5.92 Å². The number of hydrogen-bond acceptors (Lipinski definition) is 0. The van der Waals surface area contributed by atoms with E-state index < -0.39 is 0 Å². The van der Waals surface area contributed by atoms with Gasteiger partial charge in [0.15, 0.2) is 0 Å². The monoisotopic (exact) mass is 366 g/mol. The Bertz CT molecular complexity index is 733. The van der Waals surface area contributed by atoms with E-state index in [1.807, 2.05) is 6.07 Å². The van der Waals surface area contributed by atoms with Gasteiger partial charge >= 0.3 is 0 Å². The van der Waals surface area contributed by atoms with Crippen molar-refractivity contribution in [3.8, 4) is 0 Å². The lowest BCUT2D eigenvalue weighted by Crippen LogP contribution is -2.17. The quantitative estimate of drug-likeness (QED) is 0.499. The molecule has 4 rings (SSSR count). The van der Waals surface area contributed by atoms with Gasteiger partial charge in [-0.3, -0.25) is 0 Å². The number of benzene rings is 2. The van der Waals surface area contributed by atoms with Crippen molar-refractivity contribution >= 4 is 10.8 Å². The molecule has 0 saturated heterocycles. The third kappa shape index (κ3) is 4.73. The molecule has 146 valence electrons. The number of hydrogen-bond donors (Lipinski definition) is 0. The van der Waals surface area contributed by atoms with Gasteiger partial charge in [0.05, 0.1) is 0 Å². The molecule has 1 heteroatoms. The minimum absolute atomic E-state index is 0.140. The summed E-state index contributed by atoms with van der Waals surface area (Å²) in [5.41, 5.74) is 1.46. The van der Waals surface area contributed by atoms with Crippen LogP contribution < -0.4 is 0 Å². The van der Waals surface area contributed by atoms with E-state index in [2.05, 4.69) is 25.1 Å². The molecule has 0 N–H and O–H groups in total. The summed E-state index contributed by atoms with van der Waals surface area (Å²) in [7, 11) is 0. The molecule has 0 aromatic heterocycles. The van der Waals surface area contributed by atoms with E-state index in [9.17, 15) is 4.39 Å². The summed E-state index contributed by atoms with van der Waals surface area (Å²) in [6.45, 7) is 2.36. The van der Waals surface area contributed by atoms with Gasteiger partial charge in [0.1, 0.15) is 5.82 Å². The smallest absolute Gasteiger partial charge is 0.123 e. The fraction of sp³-hybridized carbons (Fsp3) is 0.615. The molecule has 2 aliphatic carbocycles. The Hall–Kier alpha value is -1.37. The Labute approximate surface area is 164 Å². The third-order valence-corrected chi connectivity index (χ3v) is 7.67. The summed E-state index contributed by atoms with van der Waals surface area (Å²) >= 11 is 0. The first-order valence-electron chi connectivity index (χ1n) is 11.4. The molecule has 0 nitrogen and oxygen atoms in total. The van der Waals surface area contributed by atoms with Crippen molar-refractivity contribution in [1.29, 1.82) is 0 Å². The van der Waals surface area contributed by atoms with Gasteiger partial charge in [0, 0.05) is 0 Å². The van der Waals surface area contributed by atoms with E-state index >= 15 is 0 Å². The van der Waals surface area contributed by atoms with E-state index in [1.54, 1.807) is 12.1 Å². The van der Waals surface area contributed by atoms with Crippen LogP contribution in [0, 0.1) is 23.6 Å². The van der Waals surface area contributed by atoms with Crippen LogP contribution in [0.25, 0.3) is 10.8 Å². The molecule has 0 aliphatic heterocycles. The Balaban J connectivity index is 1.26. The molecule has 0 spiro atoms. The molecular formula is C26H35F. The molecule has 0 unspecified atom stereocenters. The maximum absolute atomic E-state index is 13.4. The molecule has 2 aromatic carbocycles. The normalized spacial score (nSPS) is 29.1. The average molecular weight is 367 g/mol. The maximum Gasteiger partial charge on any atom is 0.123 e. The fourth-order valence-corrected chi connectivity index (χ4v) is 5.67. The zero-order valence-corrected chi connectivity index (χ0v) is 16.9. The second-order valence-corrected chi connectivity index (χ2v) is 9.34. The van der Waals surface area contributed by atoms with E-state index in [-0.39, 0.29) is 5.82 Å². The van der Waals surface area contributed by atoms with E-state index in [0.717, 1.165) is 23.1 Å². The SMILES string of the molecule is CCC1CCC(CCC2CCC(c3ccc4cc(F)ccc4c3)CC2)CC1. The van der Waals surface area contributed by atoms with Crippen LogP contribution in [0.15, 0.2) is 36.4 Å². The van der Waals surface area contributed by atoms with Crippen molar-refractivity contribution in [2.45, 2.75) is 83.5 Å². The van der Waals surface area contributed by atoms with Gasteiger partial charge in [-0.25, -0.2) is 4.39 Å². The molecule has 0 radical (unpaired) electrons. The molecule has 2 saturated carbocycles. The largest absolute Gasteiger partial charge is 0.207 e. The van der Waals surface area contributed by atoms with Crippen LogP contribution in [0.1, 0.15) is 89.0 Å². The Morgan fingerprint density at radius 3 is 1.93 bits per heavy atom. The summed E-state index contributed by atoms with van der Waals surface area (Å²) < 4.78 is 13.4. The highest BCUT2D eigenvalue weighted by Gasteiger charge is 2.25. The maximum atomic E-state index is 13.4. The van der Waals surface area contributed by atoms with Gasteiger partial charge in [-0.1, -0.05) is 76.1 Å². The topological polar surface area (TPSA) is 0 Å². The molecule has 0 atom stereocenters. The Morgan fingerprint density at radius 1 is 0.704 bits per heavy atom. The van der Waals surface area contributed by atoms with Gasteiger partial charge in [-0.05, 0) is 77.8 Å². The van der Waals surface area contributed by atoms with E-state index in [4.69, 9.17) is 0 Å². The van der Waals surface area contributed by atoms with Crippen molar-refractivity contribution in [2.75, 3.05) is 0 Å². The van der Waals surface area contributed by atoms with Crippen molar-refractivity contribution in [3.63, 3.8) is 0 Å². The van der Waals surface area contributed by atoms with Crippen LogP contribution in [-0.2, 0) is 0 Å². The zero-order chi connectivity index (χ0) is 18.6. The summed E-state index contributed by atoms with van der Waals surface area (Å²) in [4.78, 5) is 0. The zero-order valence-electron chi connectivity index (χ0n) is 16.9. The van der Waals surface area contributed by atoms with Crippen LogP contribution in [0.5, 0.6) is 0 Å². The lowest BCUT2D eigenvalue weighted by Gasteiger charge is -2.32. The first-order valence-corrected chi connectivity index (χ1v) is 11.4. The van der Waals surface area contributed by atoms with Crippen LogP contribution in [0.4, 0.5) is 4.39 Å². The molecule has 0 bridgehead atoms. The first kappa shape index (κ1) is 19.0. The lowest BCUT2D eigenvalue weighted by atomic mass is 9.74. The van der Waals surface area contributed by atoms with Crippen molar-refractivity contribution in [2.24, 2.45) is 17.8 Å². The molecule has 2 fully saturated rings. The van der Waals surface area contributed by atoms with Gasteiger partial charge in [-0.15, -0.1) is 0 Å². The minimum Gasteiger partial charge on any atom is -0.207 e. The second-order valence-electron chi connectivity index (χ2n) is 9.34. The molecule has 0 heterocycles. The van der Waals surface area contributed by atoms with Gasteiger partial charge in [0.25, 0.3) is 0 Å². The third-order valence-electron chi connectivity index (χ3n) is 7.67. The summed E-state index contributed by atoms with van der Waals surface area (Å²) in [5.74, 6) is 3.57. The standard InChI is InChI=1S/C26H35F/c1-2-19-3-5-20(6-4-19)7-8-21-9-11-22(12-10-21)23-13-14-25-18-26(27)16-15-24(25)17-23/h13-22H,2-12H2,1H3. The molecule has 2 aromatic rings. The molecule has 0 amide bonds. The average Bonchev–Trinajstić information content (AvgIpc) is 2.72. The number of halogens is 1. The highest BCUT2D eigenvalue weighted by atomic mass is 19.1. The van der Waals surface area contributed by atoms with Gasteiger partial charge in [0.2, 0.25) is 0 Å². The fourth-order valence-electron chi connectivity index (χ4n) is 5.67. The molecule has 27 heavy (non-hydrogen) atoms. The predicted molar refractivity (Wildman–Crippen MR) is 114 cm³/mol. The van der Waals surface area contributed by atoms with Crippen LogP contribution >= 0.6 is 0 Å². The summed E-state index contributed by atoms with van der Waals surface area (Å²) in [6.07, 6.45) is 15.8. The summed E-state index contributed by atoms with van der Waals surface area (Å²) in [6, 6.07) is 11.8. The highest BCUT2D eigenvalue weighted by molar-refractivity contribution is 5.83. The Kier molecular flexibility index (Phi) is 6.15. The second kappa shape index (κ2) is 8.76. The van der Waals surface area contributed by atoms with Crippen LogP contribution in [0.2, 0.25) is 0 Å².